The van der Waals surface area contributed by atoms with Gasteiger partial charge < -0.3 is 24.4 Å². The number of ether oxygens (including phenoxy) is 3. The van der Waals surface area contributed by atoms with Crippen LogP contribution in [0.15, 0.2) is 36.4 Å². The van der Waals surface area contributed by atoms with Gasteiger partial charge in [0.2, 0.25) is 12.7 Å². The third-order valence-electron chi connectivity index (χ3n) is 5.26. The van der Waals surface area contributed by atoms with E-state index in [2.05, 4.69) is 34.5 Å². The minimum atomic E-state index is 0.0204. The van der Waals surface area contributed by atoms with Crippen molar-refractivity contribution in [3.8, 4) is 11.5 Å². The van der Waals surface area contributed by atoms with Crippen LogP contribution in [0.2, 0.25) is 0 Å². The fourth-order valence-electron chi connectivity index (χ4n) is 3.89. The Balaban J connectivity index is 1.47. The van der Waals surface area contributed by atoms with Crippen molar-refractivity contribution in [1.29, 1.82) is 0 Å². The van der Waals surface area contributed by atoms with Crippen molar-refractivity contribution in [1.82, 2.24) is 0 Å². The first kappa shape index (κ1) is 15.5. The van der Waals surface area contributed by atoms with Gasteiger partial charge in [-0.2, -0.15) is 0 Å². The van der Waals surface area contributed by atoms with E-state index in [-0.39, 0.29) is 18.6 Å². The molecule has 3 aliphatic heterocycles. The minimum absolute atomic E-state index is 0.0204. The van der Waals surface area contributed by atoms with Crippen LogP contribution in [0.4, 0.5) is 11.4 Å². The molecule has 1 N–H and O–H groups in total. The van der Waals surface area contributed by atoms with Crippen LogP contribution < -0.4 is 19.7 Å². The second kappa shape index (κ2) is 6.21. The number of amides is 1. The molecule has 5 rings (SSSR count). The summed E-state index contributed by atoms with van der Waals surface area (Å²) < 4.78 is 16.4. The number of carbonyl (C=O) groups excluding carboxylic acids is 1. The molecule has 1 fully saturated rings. The normalized spacial score (nSPS) is 21.3. The standard InChI is InChI=1S/C20H20N2O4/c23-20-10-15(16-9-18-19(26-12-25-18)11-17(16)21-20)13-1-3-14(4-2-13)22-5-7-24-8-6-22/h1-4,9,11,15H,5-8,10,12H2,(H,21,23)/t15-/m0/s1. The smallest absolute Gasteiger partial charge is 0.231 e. The van der Waals surface area contributed by atoms with E-state index in [9.17, 15) is 4.79 Å². The first-order valence-corrected chi connectivity index (χ1v) is 8.94. The molecule has 6 nitrogen and oxygen atoms in total. The summed E-state index contributed by atoms with van der Waals surface area (Å²) in [6.07, 6.45) is 0.434. The van der Waals surface area contributed by atoms with Gasteiger partial charge in [-0.25, -0.2) is 0 Å². The number of hydrogen-bond acceptors (Lipinski definition) is 5. The van der Waals surface area contributed by atoms with Gasteiger partial charge in [0.25, 0.3) is 0 Å². The summed E-state index contributed by atoms with van der Waals surface area (Å²) in [7, 11) is 0. The zero-order valence-electron chi connectivity index (χ0n) is 14.4. The molecule has 0 aromatic heterocycles. The molecular weight excluding hydrogens is 332 g/mol. The van der Waals surface area contributed by atoms with Gasteiger partial charge in [0.1, 0.15) is 0 Å². The molecule has 3 heterocycles. The molecule has 0 aliphatic carbocycles. The van der Waals surface area contributed by atoms with Crippen LogP contribution >= 0.6 is 0 Å². The monoisotopic (exact) mass is 352 g/mol. The molecule has 2 aromatic carbocycles. The fraction of sp³-hybridized carbons (Fsp3) is 0.350. The Kier molecular flexibility index (Phi) is 3.71. The molecule has 1 amide bonds. The van der Waals surface area contributed by atoms with Gasteiger partial charge in [-0.05, 0) is 29.3 Å². The summed E-state index contributed by atoms with van der Waals surface area (Å²) in [5.74, 6) is 1.48. The summed E-state index contributed by atoms with van der Waals surface area (Å²) in [5, 5.41) is 2.96. The zero-order valence-corrected chi connectivity index (χ0v) is 14.4. The summed E-state index contributed by atoms with van der Waals surface area (Å²) in [6, 6.07) is 12.4. The van der Waals surface area contributed by atoms with Gasteiger partial charge in [-0.15, -0.1) is 0 Å². The van der Waals surface area contributed by atoms with E-state index in [1.807, 2.05) is 12.1 Å². The van der Waals surface area contributed by atoms with Crippen LogP contribution in [0.1, 0.15) is 23.5 Å². The quantitative estimate of drug-likeness (QED) is 0.901. The summed E-state index contributed by atoms with van der Waals surface area (Å²) in [5.41, 5.74) is 4.22. The van der Waals surface area contributed by atoms with Crippen LogP contribution in [-0.4, -0.2) is 39.0 Å². The SMILES string of the molecule is O=C1C[C@@H](c2ccc(N3CCOCC3)cc2)c2cc3c(cc2N1)OCO3. The highest BCUT2D eigenvalue weighted by atomic mass is 16.7. The Hall–Kier alpha value is -2.73. The van der Waals surface area contributed by atoms with Crippen molar-refractivity contribution in [2.75, 3.05) is 43.3 Å². The van der Waals surface area contributed by atoms with E-state index in [0.29, 0.717) is 12.2 Å². The first-order valence-electron chi connectivity index (χ1n) is 8.94. The second-order valence-corrected chi connectivity index (χ2v) is 6.79. The third-order valence-corrected chi connectivity index (χ3v) is 5.26. The number of rotatable bonds is 2. The van der Waals surface area contributed by atoms with E-state index in [4.69, 9.17) is 14.2 Å². The van der Waals surface area contributed by atoms with Crippen LogP contribution in [0.5, 0.6) is 11.5 Å². The number of anilines is 2. The Morgan fingerprint density at radius 3 is 2.50 bits per heavy atom. The van der Waals surface area contributed by atoms with Crippen LogP contribution in [0, 0.1) is 0 Å². The topological polar surface area (TPSA) is 60.0 Å². The molecule has 1 atom stereocenters. The highest BCUT2D eigenvalue weighted by molar-refractivity contribution is 5.96. The first-order chi connectivity index (χ1) is 12.8. The number of nitrogens with one attached hydrogen (secondary N) is 1. The fourth-order valence-corrected chi connectivity index (χ4v) is 3.89. The molecular formula is C20H20N2O4. The maximum Gasteiger partial charge on any atom is 0.231 e. The van der Waals surface area contributed by atoms with Crippen molar-refractivity contribution in [2.24, 2.45) is 0 Å². The second-order valence-electron chi connectivity index (χ2n) is 6.79. The van der Waals surface area contributed by atoms with Gasteiger partial charge >= 0.3 is 0 Å². The number of carbonyl (C=O) groups is 1. The Morgan fingerprint density at radius 2 is 1.73 bits per heavy atom. The maximum absolute atomic E-state index is 12.2. The van der Waals surface area contributed by atoms with Gasteiger partial charge in [0.05, 0.1) is 13.2 Å². The van der Waals surface area contributed by atoms with E-state index in [1.165, 1.54) is 5.69 Å². The molecule has 0 unspecified atom stereocenters. The van der Waals surface area contributed by atoms with Crippen molar-refractivity contribution >= 4 is 17.3 Å². The number of morpholine rings is 1. The molecule has 0 saturated carbocycles. The maximum atomic E-state index is 12.2. The van der Waals surface area contributed by atoms with Gasteiger partial charge in [0, 0.05) is 42.9 Å². The zero-order chi connectivity index (χ0) is 17.5. The van der Waals surface area contributed by atoms with E-state index in [0.717, 1.165) is 48.9 Å². The number of benzene rings is 2. The number of fused-ring (bicyclic) bond motifs is 2. The summed E-state index contributed by atoms with van der Waals surface area (Å²) in [4.78, 5) is 14.5. The number of nitrogens with zero attached hydrogens (tertiary/aromatic N) is 1. The Morgan fingerprint density at radius 1 is 1.00 bits per heavy atom. The predicted octanol–water partition coefficient (Wildman–Crippen LogP) is 2.73. The lowest BCUT2D eigenvalue weighted by atomic mass is 9.84. The third kappa shape index (κ3) is 2.66. The van der Waals surface area contributed by atoms with E-state index < -0.39 is 0 Å². The number of hydrogen-bond donors (Lipinski definition) is 1. The van der Waals surface area contributed by atoms with Crippen molar-refractivity contribution in [3.63, 3.8) is 0 Å². The molecule has 3 aliphatic rings. The molecule has 1 saturated heterocycles. The molecule has 0 bridgehead atoms. The lowest BCUT2D eigenvalue weighted by Gasteiger charge is -2.30. The molecule has 6 heteroatoms. The van der Waals surface area contributed by atoms with Crippen LogP contribution in [-0.2, 0) is 9.53 Å². The summed E-state index contributed by atoms with van der Waals surface area (Å²) in [6.45, 7) is 3.59. The van der Waals surface area contributed by atoms with Crippen molar-refractivity contribution in [2.45, 2.75) is 12.3 Å². The Labute approximate surface area is 151 Å². The summed E-state index contributed by atoms with van der Waals surface area (Å²) >= 11 is 0. The predicted molar refractivity (Wildman–Crippen MR) is 97.1 cm³/mol. The average Bonchev–Trinajstić information content (AvgIpc) is 3.14. The highest BCUT2D eigenvalue weighted by Gasteiger charge is 2.30. The Bertz CT molecular complexity index is 844. The largest absolute Gasteiger partial charge is 0.454 e. The molecule has 2 aromatic rings. The molecule has 134 valence electrons. The van der Waals surface area contributed by atoms with Gasteiger partial charge in [0.15, 0.2) is 11.5 Å². The molecule has 0 spiro atoms. The highest BCUT2D eigenvalue weighted by Crippen LogP contribution is 2.44. The van der Waals surface area contributed by atoms with Crippen LogP contribution in [0.3, 0.4) is 0 Å². The van der Waals surface area contributed by atoms with Crippen molar-refractivity contribution < 1.29 is 19.0 Å². The lowest BCUT2D eigenvalue weighted by molar-refractivity contribution is -0.116. The lowest BCUT2D eigenvalue weighted by Crippen LogP contribution is -2.36. The molecule has 26 heavy (non-hydrogen) atoms. The minimum Gasteiger partial charge on any atom is -0.454 e. The average molecular weight is 352 g/mol. The van der Waals surface area contributed by atoms with E-state index >= 15 is 0 Å². The van der Waals surface area contributed by atoms with Crippen LogP contribution in [0.25, 0.3) is 0 Å². The van der Waals surface area contributed by atoms with Crippen molar-refractivity contribution in [3.05, 3.63) is 47.5 Å². The van der Waals surface area contributed by atoms with Gasteiger partial charge in [-0.1, -0.05) is 12.1 Å². The van der Waals surface area contributed by atoms with Gasteiger partial charge in [-0.3, -0.25) is 4.79 Å². The molecule has 0 radical (unpaired) electrons. The van der Waals surface area contributed by atoms with E-state index in [1.54, 1.807) is 0 Å².